The number of hydrogen-bond donors (Lipinski definition) is 2. The van der Waals surface area contributed by atoms with Crippen LogP contribution in [0.2, 0.25) is 0 Å². The molecule has 8 nitrogen and oxygen atoms in total. The smallest absolute Gasteiger partial charge is 0.345 e. The molecule has 4 rings (SSSR count). The van der Waals surface area contributed by atoms with Crippen molar-refractivity contribution in [3.05, 3.63) is 44.5 Å². The van der Waals surface area contributed by atoms with E-state index in [4.69, 9.17) is 0 Å². The van der Waals surface area contributed by atoms with Crippen LogP contribution in [0.4, 0.5) is 0 Å². The summed E-state index contributed by atoms with van der Waals surface area (Å²) in [4.78, 5) is 40.1. The summed E-state index contributed by atoms with van der Waals surface area (Å²) in [5.41, 5.74) is 0.109. The average Bonchev–Trinajstić information content (AvgIpc) is 3.35. The summed E-state index contributed by atoms with van der Waals surface area (Å²) < 4.78 is 0. The number of aliphatic hydroxyl groups is 1. The van der Waals surface area contributed by atoms with Crippen molar-refractivity contribution in [2.75, 3.05) is 32.8 Å². The Balaban J connectivity index is 1.48. The van der Waals surface area contributed by atoms with Gasteiger partial charge in [-0.2, -0.15) is 4.98 Å². The first-order chi connectivity index (χ1) is 13.9. The van der Waals surface area contributed by atoms with Crippen LogP contribution in [0, 0.1) is 17.3 Å². The number of nitrogens with zero attached hydrogens (tertiary/aromatic N) is 4. The van der Waals surface area contributed by atoms with E-state index in [0.717, 1.165) is 30.3 Å². The van der Waals surface area contributed by atoms with Crippen LogP contribution in [0.1, 0.15) is 35.0 Å². The molecule has 0 spiro atoms. The van der Waals surface area contributed by atoms with Gasteiger partial charge >= 0.3 is 5.69 Å². The molecule has 0 aromatic carbocycles. The Kier molecular flexibility index (Phi) is 5.54. The number of aromatic amines is 1. The Hall–Kier alpha value is -2.10. The molecular formula is C20H27N5O3S. The highest BCUT2D eigenvalue weighted by atomic mass is 32.1. The molecule has 2 fully saturated rings. The summed E-state index contributed by atoms with van der Waals surface area (Å²) in [7, 11) is 0. The van der Waals surface area contributed by atoms with Crippen molar-refractivity contribution in [1.82, 2.24) is 24.8 Å². The van der Waals surface area contributed by atoms with Crippen LogP contribution in [-0.4, -0.2) is 68.6 Å². The Morgan fingerprint density at radius 3 is 2.90 bits per heavy atom. The lowest BCUT2D eigenvalue weighted by Gasteiger charge is -2.27. The van der Waals surface area contributed by atoms with E-state index in [1.807, 2.05) is 5.38 Å². The molecule has 2 N–H and O–H groups in total. The largest absolute Gasteiger partial charge is 0.396 e. The number of thiazole rings is 1. The highest BCUT2D eigenvalue weighted by Gasteiger charge is 2.53. The molecule has 4 heterocycles. The van der Waals surface area contributed by atoms with Gasteiger partial charge in [-0.3, -0.25) is 9.69 Å². The van der Waals surface area contributed by atoms with Gasteiger partial charge < -0.3 is 15.0 Å². The molecule has 29 heavy (non-hydrogen) atoms. The van der Waals surface area contributed by atoms with Crippen molar-refractivity contribution in [1.29, 1.82) is 0 Å². The van der Waals surface area contributed by atoms with Gasteiger partial charge in [-0.25, -0.2) is 9.78 Å². The topological polar surface area (TPSA) is 102 Å². The molecule has 2 atom stereocenters. The van der Waals surface area contributed by atoms with Crippen LogP contribution in [0.25, 0.3) is 0 Å². The van der Waals surface area contributed by atoms with Crippen LogP contribution in [0.3, 0.4) is 0 Å². The molecule has 2 saturated heterocycles. The predicted molar refractivity (Wildman–Crippen MR) is 110 cm³/mol. The molecule has 0 saturated carbocycles. The van der Waals surface area contributed by atoms with Gasteiger partial charge in [-0.15, -0.1) is 11.3 Å². The van der Waals surface area contributed by atoms with E-state index in [0.29, 0.717) is 25.4 Å². The van der Waals surface area contributed by atoms with Crippen LogP contribution >= 0.6 is 11.3 Å². The molecule has 0 bridgehead atoms. The van der Waals surface area contributed by atoms with E-state index in [1.54, 1.807) is 28.5 Å². The number of hydrogen-bond acceptors (Lipinski definition) is 7. The van der Waals surface area contributed by atoms with E-state index < -0.39 is 5.69 Å². The minimum atomic E-state index is -0.489. The zero-order valence-electron chi connectivity index (χ0n) is 16.8. The Morgan fingerprint density at radius 2 is 2.24 bits per heavy atom. The number of rotatable bonds is 6. The second kappa shape index (κ2) is 7.97. The lowest BCUT2D eigenvalue weighted by Crippen LogP contribution is -2.39. The van der Waals surface area contributed by atoms with E-state index >= 15 is 0 Å². The quantitative estimate of drug-likeness (QED) is 0.727. The van der Waals surface area contributed by atoms with Gasteiger partial charge in [-0.05, 0) is 24.3 Å². The van der Waals surface area contributed by atoms with Crippen LogP contribution in [0.5, 0.6) is 0 Å². The molecule has 0 aliphatic carbocycles. The van der Waals surface area contributed by atoms with Crippen molar-refractivity contribution < 1.29 is 9.90 Å². The van der Waals surface area contributed by atoms with E-state index in [1.165, 1.54) is 0 Å². The fraction of sp³-hybridized carbons (Fsp3) is 0.600. The maximum Gasteiger partial charge on any atom is 0.345 e. The third-order valence-corrected chi connectivity index (χ3v) is 6.69. The highest BCUT2D eigenvalue weighted by molar-refractivity contribution is 7.09. The minimum absolute atomic E-state index is 0.0389. The van der Waals surface area contributed by atoms with E-state index in [-0.39, 0.29) is 29.5 Å². The number of fused-ring (bicyclic) bond motifs is 1. The zero-order chi connectivity index (χ0) is 20.6. The van der Waals surface area contributed by atoms with Gasteiger partial charge in [0, 0.05) is 48.9 Å². The molecule has 9 heteroatoms. The fourth-order valence-corrected chi connectivity index (χ4v) is 5.30. The standard InChI is InChI=1S/C20H27N5O3S/c1-13(2)5-15-6-16(23-19(28)22-15)18(27)25-8-14-7-24(9-17-21-3-4-29-17)10-20(14,11-25)12-26/h3-4,6,13-14,26H,5,7-12H2,1-2H3,(H,22,23,28). The Bertz CT molecular complexity index is 928. The summed E-state index contributed by atoms with van der Waals surface area (Å²) in [6.45, 7) is 7.55. The van der Waals surface area contributed by atoms with Crippen LogP contribution in [0.15, 0.2) is 22.4 Å². The van der Waals surface area contributed by atoms with Crippen LogP contribution in [-0.2, 0) is 13.0 Å². The molecular weight excluding hydrogens is 390 g/mol. The molecule has 2 unspecified atom stereocenters. The number of likely N-dealkylation sites (tertiary alicyclic amines) is 2. The first kappa shape index (κ1) is 20.2. The Labute approximate surface area is 173 Å². The zero-order valence-corrected chi connectivity index (χ0v) is 17.6. The van der Waals surface area contributed by atoms with Gasteiger partial charge in [0.2, 0.25) is 0 Å². The number of aliphatic hydroxyl groups excluding tert-OH is 1. The molecule has 156 valence electrons. The Morgan fingerprint density at radius 1 is 1.41 bits per heavy atom. The number of aromatic nitrogens is 3. The molecule has 2 aliphatic rings. The summed E-state index contributed by atoms with van der Waals surface area (Å²) in [5, 5.41) is 13.2. The van der Waals surface area contributed by atoms with Gasteiger partial charge in [-0.1, -0.05) is 13.8 Å². The third-order valence-electron chi connectivity index (χ3n) is 5.92. The van der Waals surface area contributed by atoms with Crippen molar-refractivity contribution in [3.8, 4) is 0 Å². The second-order valence-corrected chi connectivity index (χ2v) is 9.67. The number of H-pyrrole nitrogens is 1. The summed E-state index contributed by atoms with van der Waals surface area (Å²) in [6.07, 6.45) is 2.49. The summed E-state index contributed by atoms with van der Waals surface area (Å²) in [6, 6.07) is 1.69. The molecule has 0 radical (unpaired) electrons. The van der Waals surface area contributed by atoms with E-state index in [9.17, 15) is 14.7 Å². The van der Waals surface area contributed by atoms with Gasteiger partial charge in [0.15, 0.2) is 0 Å². The fourth-order valence-electron chi connectivity index (χ4n) is 4.64. The normalized spacial score (nSPS) is 24.4. The summed E-state index contributed by atoms with van der Waals surface area (Å²) in [5.74, 6) is 0.340. The van der Waals surface area contributed by atoms with Crippen molar-refractivity contribution in [2.45, 2.75) is 26.8 Å². The molecule has 2 aliphatic heterocycles. The lowest BCUT2D eigenvalue weighted by atomic mass is 9.82. The van der Waals surface area contributed by atoms with Crippen molar-refractivity contribution in [3.63, 3.8) is 0 Å². The molecule has 2 aromatic rings. The van der Waals surface area contributed by atoms with E-state index in [2.05, 4.69) is 33.7 Å². The maximum atomic E-state index is 13.1. The summed E-state index contributed by atoms with van der Waals surface area (Å²) >= 11 is 1.63. The van der Waals surface area contributed by atoms with Gasteiger partial charge in [0.1, 0.15) is 10.7 Å². The van der Waals surface area contributed by atoms with Crippen LogP contribution < -0.4 is 5.69 Å². The second-order valence-electron chi connectivity index (χ2n) is 8.69. The maximum absolute atomic E-state index is 13.1. The average molecular weight is 418 g/mol. The monoisotopic (exact) mass is 417 g/mol. The SMILES string of the molecule is CC(C)Cc1cc(C(=O)N2CC3CN(Cc4nccs4)CC3(CO)C2)nc(=O)[nH]1. The van der Waals surface area contributed by atoms with Gasteiger partial charge in [0.05, 0.1) is 13.2 Å². The number of carbonyl (C=O) groups is 1. The number of nitrogens with one attached hydrogen (secondary N) is 1. The van der Waals surface area contributed by atoms with Crippen molar-refractivity contribution >= 4 is 17.2 Å². The number of carbonyl (C=O) groups excluding carboxylic acids is 1. The van der Waals surface area contributed by atoms with Gasteiger partial charge in [0.25, 0.3) is 5.91 Å². The lowest BCUT2D eigenvalue weighted by molar-refractivity contribution is 0.0712. The highest BCUT2D eigenvalue weighted by Crippen LogP contribution is 2.43. The predicted octanol–water partition coefficient (Wildman–Crippen LogP) is 0.991. The first-order valence-corrected chi connectivity index (χ1v) is 10.9. The molecule has 2 aromatic heterocycles. The molecule has 1 amide bonds. The minimum Gasteiger partial charge on any atom is -0.396 e. The third kappa shape index (κ3) is 4.12. The first-order valence-electron chi connectivity index (χ1n) is 9.99. The van der Waals surface area contributed by atoms with Crippen molar-refractivity contribution in [2.24, 2.45) is 17.3 Å². The number of amides is 1.